The molecule has 0 atom stereocenters. The number of aryl methyl sites for hydroxylation is 1. The first-order valence-corrected chi connectivity index (χ1v) is 6.01. The average Bonchev–Trinajstić information content (AvgIpc) is 2.34. The van der Waals surface area contributed by atoms with E-state index < -0.39 is 0 Å². The van der Waals surface area contributed by atoms with Gasteiger partial charge in [0.1, 0.15) is 5.82 Å². The normalized spacial score (nSPS) is 10.4. The number of rotatable bonds is 3. The molecule has 94 valence electrons. The van der Waals surface area contributed by atoms with Crippen molar-refractivity contribution in [2.75, 3.05) is 17.2 Å². The molecule has 0 saturated heterocycles. The Bertz CT molecular complexity index is 532. The van der Waals surface area contributed by atoms with Crippen LogP contribution in [0.4, 0.5) is 21.5 Å². The lowest BCUT2D eigenvalue weighted by Crippen LogP contribution is -2.18. The van der Waals surface area contributed by atoms with Gasteiger partial charge in [0.05, 0.1) is 11.4 Å². The lowest BCUT2D eigenvalue weighted by molar-refractivity contribution is 0.627. The van der Waals surface area contributed by atoms with Crippen molar-refractivity contribution in [1.82, 2.24) is 0 Å². The van der Waals surface area contributed by atoms with Crippen molar-refractivity contribution in [3.8, 4) is 0 Å². The molecular weight excluding hydrogens is 227 g/mol. The largest absolute Gasteiger partial charge is 0.397 e. The maximum Gasteiger partial charge on any atom is 0.125 e. The number of halogens is 1. The molecule has 0 fully saturated rings. The van der Waals surface area contributed by atoms with Gasteiger partial charge in [-0.2, -0.15) is 0 Å². The van der Waals surface area contributed by atoms with Gasteiger partial charge in [0, 0.05) is 12.2 Å². The molecule has 2 nitrogen and oxygen atoms in total. The first-order valence-electron chi connectivity index (χ1n) is 6.01. The third kappa shape index (κ3) is 2.30. The highest BCUT2D eigenvalue weighted by Crippen LogP contribution is 2.33. The molecule has 0 spiro atoms. The van der Waals surface area contributed by atoms with E-state index in [1.54, 1.807) is 6.07 Å². The number of hydrogen-bond donors (Lipinski definition) is 1. The molecule has 3 heteroatoms. The van der Waals surface area contributed by atoms with E-state index in [1.165, 1.54) is 12.1 Å². The predicted octanol–water partition coefficient (Wildman–Crippen LogP) is 3.87. The van der Waals surface area contributed by atoms with Gasteiger partial charge < -0.3 is 10.6 Å². The summed E-state index contributed by atoms with van der Waals surface area (Å²) in [5.74, 6) is -0.238. The quantitative estimate of drug-likeness (QED) is 0.830. The van der Waals surface area contributed by atoms with Crippen molar-refractivity contribution >= 4 is 17.1 Å². The van der Waals surface area contributed by atoms with E-state index in [-0.39, 0.29) is 5.82 Å². The minimum absolute atomic E-state index is 0.238. The zero-order valence-corrected chi connectivity index (χ0v) is 10.7. The highest BCUT2D eigenvalue weighted by Gasteiger charge is 2.13. The molecule has 0 amide bonds. The zero-order chi connectivity index (χ0) is 13.1. The van der Waals surface area contributed by atoms with E-state index in [0.29, 0.717) is 5.69 Å². The molecule has 0 unspecified atom stereocenters. The highest BCUT2D eigenvalue weighted by molar-refractivity contribution is 5.77. The van der Waals surface area contributed by atoms with Crippen molar-refractivity contribution in [2.24, 2.45) is 0 Å². The molecule has 0 aromatic heterocycles. The second kappa shape index (κ2) is 5.08. The third-order valence-electron chi connectivity index (χ3n) is 2.97. The molecule has 0 bridgehead atoms. The summed E-state index contributed by atoms with van der Waals surface area (Å²) in [6.07, 6.45) is 0. The Morgan fingerprint density at radius 1 is 1.17 bits per heavy atom. The number of benzene rings is 2. The van der Waals surface area contributed by atoms with Crippen LogP contribution in [-0.4, -0.2) is 6.54 Å². The molecule has 0 saturated carbocycles. The number of hydrogen-bond acceptors (Lipinski definition) is 2. The van der Waals surface area contributed by atoms with Crippen LogP contribution in [-0.2, 0) is 0 Å². The van der Waals surface area contributed by atoms with Gasteiger partial charge in [-0.05, 0) is 43.7 Å². The fourth-order valence-electron chi connectivity index (χ4n) is 2.16. The van der Waals surface area contributed by atoms with Crippen LogP contribution in [0.1, 0.15) is 12.5 Å². The molecule has 0 radical (unpaired) electrons. The van der Waals surface area contributed by atoms with Gasteiger partial charge in [-0.1, -0.05) is 18.2 Å². The van der Waals surface area contributed by atoms with Crippen LogP contribution in [0.25, 0.3) is 0 Å². The minimum Gasteiger partial charge on any atom is -0.397 e. The van der Waals surface area contributed by atoms with Gasteiger partial charge in [-0.25, -0.2) is 4.39 Å². The summed E-state index contributed by atoms with van der Waals surface area (Å²) < 4.78 is 13.3. The smallest absolute Gasteiger partial charge is 0.125 e. The Kier molecular flexibility index (Phi) is 3.51. The Morgan fingerprint density at radius 2 is 1.89 bits per heavy atom. The van der Waals surface area contributed by atoms with Gasteiger partial charge in [0.15, 0.2) is 0 Å². The molecule has 18 heavy (non-hydrogen) atoms. The summed E-state index contributed by atoms with van der Waals surface area (Å²) in [4.78, 5) is 2.02. The van der Waals surface area contributed by atoms with Crippen LogP contribution in [0.15, 0.2) is 42.5 Å². The number of nitrogens with two attached hydrogens (primary N) is 1. The number of anilines is 3. The summed E-state index contributed by atoms with van der Waals surface area (Å²) >= 11 is 0. The maximum absolute atomic E-state index is 13.3. The monoisotopic (exact) mass is 244 g/mol. The van der Waals surface area contributed by atoms with Crippen LogP contribution in [0.3, 0.4) is 0 Å². The molecule has 2 rings (SSSR count). The average molecular weight is 244 g/mol. The van der Waals surface area contributed by atoms with Crippen LogP contribution in [0, 0.1) is 12.7 Å². The molecule has 0 aliphatic rings. The van der Waals surface area contributed by atoms with Crippen molar-refractivity contribution in [3.63, 3.8) is 0 Å². The van der Waals surface area contributed by atoms with Crippen molar-refractivity contribution in [1.29, 1.82) is 0 Å². The third-order valence-corrected chi connectivity index (χ3v) is 2.97. The standard InChI is InChI=1S/C15H17FN2/c1-3-18(13-8-5-7-12(16)10-13)15-11(2)6-4-9-14(15)17/h4-10H,3,17H2,1-2H3. The van der Waals surface area contributed by atoms with E-state index in [1.807, 2.05) is 43.0 Å². The van der Waals surface area contributed by atoms with Gasteiger partial charge in [0.25, 0.3) is 0 Å². The van der Waals surface area contributed by atoms with Crippen LogP contribution < -0.4 is 10.6 Å². The SMILES string of the molecule is CCN(c1cccc(F)c1)c1c(C)cccc1N. The summed E-state index contributed by atoms with van der Waals surface area (Å²) in [7, 11) is 0. The molecule has 0 heterocycles. The Balaban J connectivity index is 2.52. The zero-order valence-electron chi connectivity index (χ0n) is 10.7. The Hall–Kier alpha value is -2.03. The molecule has 0 aliphatic heterocycles. The second-order valence-corrected chi connectivity index (χ2v) is 4.24. The van der Waals surface area contributed by atoms with Crippen molar-refractivity contribution in [2.45, 2.75) is 13.8 Å². The van der Waals surface area contributed by atoms with Gasteiger partial charge >= 0.3 is 0 Å². The van der Waals surface area contributed by atoms with Gasteiger partial charge in [-0.3, -0.25) is 0 Å². The van der Waals surface area contributed by atoms with Crippen molar-refractivity contribution < 1.29 is 4.39 Å². The number of nitrogen functional groups attached to an aromatic ring is 1. The minimum atomic E-state index is -0.238. The summed E-state index contributed by atoms with van der Waals surface area (Å²) in [5.41, 5.74) is 9.60. The lowest BCUT2D eigenvalue weighted by atomic mass is 10.1. The van der Waals surface area contributed by atoms with Crippen LogP contribution in [0.2, 0.25) is 0 Å². The summed E-state index contributed by atoms with van der Waals surface area (Å²) in [5, 5.41) is 0. The number of para-hydroxylation sites is 1. The van der Waals surface area contributed by atoms with E-state index in [4.69, 9.17) is 5.73 Å². The predicted molar refractivity (Wildman–Crippen MR) is 74.7 cm³/mol. The summed E-state index contributed by atoms with van der Waals surface area (Å²) in [6.45, 7) is 4.77. The van der Waals surface area contributed by atoms with Gasteiger partial charge in [-0.15, -0.1) is 0 Å². The van der Waals surface area contributed by atoms with Crippen molar-refractivity contribution in [3.05, 3.63) is 53.8 Å². The fourth-order valence-corrected chi connectivity index (χ4v) is 2.16. The van der Waals surface area contributed by atoms with Crippen LogP contribution >= 0.6 is 0 Å². The maximum atomic E-state index is 13.3. The van der Waals surface area contributed by atoms with Crippen LogP contribution in [0.5, 0.6) is 0 Å². The molecule has 0 aliphatic carbocycles. The van der Waals surface area contributed by atoms with E-state index >= 15 is 0 Å². The fraction of sp³-hybridized carbons (Fsp3) is 0.200. The topological polar surface area (TPSA) is 29.3 Å². The number of nitrogens with zero attached hydrogens (tertiary/aromatic N) is 1. The van der Waals surface area contributed by atoms with E-state index in [2.05, 4.69) is 0 Å². The molecule has 2 N–H and O–H groups in total. The first-order chi connectivity index (χ1) is 8.63. The summed E-state index contributed by atoms with van der Waals surface area (Å²) in [6, 6.07) is 12.4. The Labute approximate surface area is 107 Å². The first kappa shape index (κ1) is 12.4. The Morgan fingerprint density at radius 3 is 2.50 bits per heavy atom. The highest BCUT2D eigenvalue weighted by atomic mass is 19.1. The molecule has 2 aromatic carbocycles. The van der Waals surface area contributed by atoms with E-state index in [0.717, 1.165) is 23.5 Å². The molecule has 2 aromatic rings. The lowest BCUT2D eigenvalue weighted by Gasteiger charge is -2.26. The van der Waals surface area contributed by atoms with Gasteiger partial charge in [0.2, 0.25) is 0 Å². The van der Waals surface area contributed by atoms with E-state index in [9.17, 15) is 4.39 Å². The molecular formula is C15H17FN2. The second-order valence-electron chi connectivity index (χ2n) is 4.24.